The first-order chi connectivity index (χ1) is 18.3. The van der Waals surface area contributed by atoms with Crippen LogP contribution in [0, 0.1) is 0 Å². The molecule has 206 valence electrons. The molecule has 0 aromatic heterocycles. The summed E-state index contributed by atoms with van der Waals surface area (Å²) in [6.45, 7) is 6.37. The average molecular weight is 525 g/mol. The highest BCUT2D eigenvalue weighted by molar-refractivity contribution is 5.99. The predicted octanol–water partition coefficient (Wildman–Crippen LogP) is 1.53. The summed E-state index contributed by atoms with van der Waals surface area (Å²) in [5.74, 6) is -0.556. The van der Waals surface area contributed by atoms with Crippen LogP contribution in [0.5, 0.6) is 0 Å². The second-order valence-electron chi connectivity index (χ2n) is 10.6. The fourth-order valence-electron chi connectivity index (χ4n) is 5.55. The first-order valence-electron chi connectivity index (χ1n) is 13.7. The van der Waals surface area contributed by atoms with Crippen LogP contribution in [-0.4, -0.2) is 65.8 Å². The molecule has 3 heterocycles. The first-order valence-corrected chi connectivity index (χ1v) is 13.7. The Bertz CT molecular complexity index is 1080. The number of hydrogen-bond donors (Lipinski definition) is 5. The van der Waals surface area contributed by atoms with Crippen LogP contribution >= 0.6 is 0 Å². The Balaban J connectivity index is 1.37. The van der Waals surface area contributed by atoms with Crippen LogP contribution in [0.4, 0.5) is 5.69 Å². The molecule has 1 aromatic rings. The summed E-state index contributed by atoms with van der Waals surface area (Å²) < 4.78 is 0. The van der Waals surface area contributed by atoms with E-state index in [0.717, 1.165) is 43.4 Å². The minimum atomic E-state index is -0.520. The highest BCUT2D eigenvalue weighted by Gasteiger charge is 2.43. The number of benzene rings is 1. The molecule has 0 aliphatic carbocycles. The van der Waals surface area contributed by atoms with E-state index in [0.29, 0.717) is 24.9 Å². The minimum absolute atomic E-state index is 0.0270. The molecule has 3 fully saturated rings. The van der Waals surface area contributed by atoms with Gasteiger partial charge in [-0.15, -0.1) is 0 Å². The van der Waals surface area contributed by atoms with E-state index >= 15 is 0 Å². The third kappa shape index (κ3) is 6.53. The van der Waals surface area contributed by atoms with E-state index in [1.165, 1.54) is 0 Å². The van der Waals surface area contributed by atoms with Gasteiger partial charge < -0.3 is 31.5 Å². The summed E-state index contributed by atoms with van der Waals surface area (Å²) in [5.41, 5.74) is 2.20. The molecular weight excluding hydrogens is 484 g/mol. The van der Waals surface area contributed by atoms with Crippen LogP contribution in [0.2, 0.25) is 0 Å². The van der Waals surface area contributed by atoms with Gasteiger partial charge in [0, 0.05) is 36.4 Å². The van der Waals surface area contributed by atoms with E-state index in [1.807, 2.05) is 37.1 Å². The van der Waals surface area contributed by atoms with Gasteiger partial charge in [-0.2, -0.15) is 0 Å². The second-order valence-corrected chi connectivity index (χ2v) is 10.6. The van der Waals surface area contributed by atoms with Crippen LogP contribution in [0.15, 0.2) is 36.5 Å². The van der Waals surface area contributed by atoms with E-state index in [-0.39, 0.29) is 48.3 Å². The summed E-state index contributed by atoms with van der Waals surface area (Å²) in [6.07, 6.45) is 5.93. The molecule has 5 N–H and O–H groups in total. The fraction of sp³-hybridized carbons (Fsp3) is 0.571. The maximum Gasteiger partial charge on any atom is 0.246 e. The number of carbonyl (C=O) groups is 4. The number of carbonyl (C=O) groups excluding carboxylic acids is 4. The minimum Gasteiger partial charge on any atom is -0.376 e. The lowest BCUT2D eigenvalue weighted by atomic mass is 9.98. The lowest BCUT2D eigenvalue weighted by Crippen LogP contribution is -2.56. The topological polar surface area (TPSA) is 132 Å². The average Bonchev–Trinajstić information content (AvgIpc) is 3.53. The standard InChI is InChI=1S/C28H40N6O4/c1-17(29-3)18(2)31-23-10-5-4-9-21-11-13-24(34(21)28(23)38)27(37)30-16-19-7-6-8-20(15-19)32-26(36)22-12-14-25(35)33-22/h6-8,15,17,21-24,29,31H,2,4-5,9-14,16H2,1,3H3,(H,30,37)(H,32,36)(H,33,35). The van der Waals surface area contributed by atoms with Crippen LogP contribution in [0.3, 0.4) is 0 Å². The van der Waals surface area contributed by atoms with Gasteiger partial charge >= 0.3 is 0 Å². The highest BCUT2D eigenvalue weighted by Crippen LogP contribution is 2.31. The Hall–Kier alpha value is -3.40. The predicted molar refractivity (Wildman–Crippen MR) is 145 cm³/mol. The molecule has 0 spiro atoms. The third-order valence-electron chi connectivity index (χ3n) is 7.93. The van der Waals surface area contributed by atoms with Crippen LogP contribution in [0.1, 0.15) is 63.9 Å². The van der Waals surface area contributed by atoms with Gasteiger partial charge in [0.2, 0.25) is 23.6 Å². The molecule has 1 aromatic carbocycles. The zero-order valence-electron chi connectivity index (χ0n) is 22.3. The molecule has 10 nitrogen and oxygen atoms in total. The molecule has 5 unspecified atom stereocenters. The third-order valence-corrected chi connectivity index (χ3v) is 7.93. The maximum atomic E-state index is 13.6. The number of likely N-dealkylation sites (N-methyl/N-ethyl adjacent to an activating group) is 1. The van der Waals surface area contributed by atoms with Gasteiger partial charge in [-0.25, -0.2) is 0 Å². The van der Waals surface area contributed by atoms with Crippen molar-refractivity contribution in [3.63, 3.8) is 0 Å². The van der Waals surface area contributed by atoms with Gasteiger partial charge in [0.05, 0.1) is 0 Å². The largest absolute Gasteiger partial charge is 0.376 e. The number of rotatable bonds is 9. The van der Waals surface area contributed by atoms with Crippen molar-refractivity contribution < 1.29 is 19.2 Å². The number of nitrogens with zero attached hydrogens (tertiary/aromatic N) is 1. The number of nitrogens with one attached hydrogen (secondary N) is 5. The van der Waals surface area contributed by atoms with E-state index < -0.39 is 12.1 Å². The Kier molecular flexibility index (Phi) is 9.04. The van der Waals surface area contributed by atoms with Crippen LogP contribution in [0.25, 0.3) is 0 Å². The normalized spacial score (nSPS) is 26.0. The zero-order chi connectivity index (χ0) is 27.2. The molecule has 4 rings (SSSR count). The Morgan fingerprint density at radius 1 is 1.11 bits per heavy atom. The van der Waals surface area contributed by atoms with E-state index in [9.17, 15) is 19.2 Å². The molecular formula is C28H40N6O4. The quantitative estimate of drug-likeness (QED) is 0.333. The SMILES string of the molecule is C=C(NC1CCCCC2CCC(C(=O)NCc3cccc(NC(=O)C4CCC(=O)N4)c3)N2C1=O)C(C)NC. The summed E-state index contributed by atoms with van der Waals surface area (Å²) >= 11 is 0. The van der Waals surface area contributed by atoms with E-state index in [4.69, 9.17) is 0 Å². The second kappa shape index (κ2) is 12.4. The number of amides is 4. The Morgan fingerprint density at radius 3 is 2.63 bits per heavy atom. The van der Waals surface area contributed by atoms with Crippen molar-refractivity contribution in [3.8, 4) is 0 Å². The zero-order valence-corrected chi connectivity index (χ0v) is 22.3. The van der Waals surface area contributed by atoms with Crippen molar-refractivity contribution in [2.75, 3.05) is 12.4 Å². The summed E-state index contributed by atoms with van der Waals surface area (Å²) in [6, 6.07) is 5.96. The first kappa shape index (κ1) is 27.6. The Labute approximate surface area is 224 Å². The van der Waals surface area contributed by atoms with Gasteiger partial charge in [0.1, 0.15) is 18.1 Å². The van der Waals surface area contributed by atoms with Gasteiger partial charge in [0.15, 0.2) is 0 Å². The molecule has 3 aliphatic rings. The molecule has 3 aliphatic heterocycles. The molecule has 0 bridgehead atoms. The van der Waals surface area contributed by atoms with Crippen LogP contribution < -0.4 is 26.6 Å². The van der Waals surface area contributed by atoms with Gasteiger partial charge in [-0.05, 0) is 63.8 Å². The lowest BCUT2D eigenvalue weighted by Gasteiger charge is -2.36. The summed E-state index contributed by atoms with van der Waals surface area (Å²) in [4.78, 5) is 52.6. The highest BCUT2D eigenvalue weighted by atomic mass is 16.2. The van der Waals surface area contributed by atoms with Crippen molar-refractivity contribution >= 4 is 29.3 Å². The molecule has 38 heavy (non-hydrogen) atoms. The van der Waals surface area contributed by atoms with Gasteiger partial charge in [-0.3, -0.25) is 19.2 Å². The summed E-state index contributed by atoms with van der Waals surface area (Å²) in [7, 11) is 1.85. The van der Waals surface area contributed by atoms with Crippen molar-refractivity contribution in [1.82, 2.24) is 26.2 Å². The van der Waals surface area contributed by atoms with Crippen molar-refractivity contribution in [3.05, 3.63) is 42.1 Å². The maximum absolute atomic E-state index is 13.6. The molecule has 3 saturated heterocycles. The van der Waals surface area contributed by atoms with Crippen molar-refractivity contribution in [1.29, 1.82) is 0 Å². The number of fused-ring (bicyclic) bond motifs is 1. The van der Waals surface area contributed by atoms with E-state index in [1.54, 1.807) is 6.07 Å². The van der Waals surface area contributed by atoms with Crippen molar-refractivity contribution in [2.24, 2.45) is 0 Å². The molecule has 4 amide bonds. The Morgan fingerprint density at radius 2 is 1.89 bits per heavy atom. The fourth-order valence-corrected chi connectivity index (χ4v) is 5.55. The number of hydrogen-bond acceptors (Lipinski definition) is 6. The molecule has 5 atom stereocenters. The summed E-state index contributed by atoms with van der Waals surface area (Å²) in [5, 5.41) is 15.0. The monoisotopic (exact) mass is 524 g/mol. The van der Waals surface area contributed by atoms with Gasteiger partial charge in [0.25, 0.3) is 0 Å². The van der Waals surface area contributed by atoms with E-state index in [2.05, 4.69) is 33.2 Å². The van der Waals surface area contributed by atoms with Gasteiger partial charge in [-0.1, -0.05) is 31.6 Å². The number of anilines is 1. The smallest absolute Gasteiger partial charge is 0.246 e. The lowest BCUT2D eigenvalue weighted by molar-refractivity contribution is -0.142. The van der Waals surface area contributed by atoms with Crippen LogP contribution in [-0.2, 0) is 25.7 Å². The molecule has 0 saturated carbocycles. The van der Waals surface area contributed by atoms with Crippen molar-refractivity contribution in [2.45, 2.75) is 95.0 Å². The molecule has 0 radical (unpaired) electrons. The molecule has 10 heteroatoms.